The first-order valence-electron chi connectivity index (χ1n) is 8.82. The molecule has 0 fully saturated rings. The molecule has 2 aromatic rings. The Hall–Kier alpha value is -2.34. The first kappa shape index (κ1) is 21.0. The Bertz CT molecular complexity index is 839. The first-order valence-corrected chi connectivity index (χ1v) is 9.81. The van der Waals surface area contributed by atoms with Gasteiger partial charge in [0.05, 0.1) is 4.92 Å². The molecule has 0 aliphatic rings. The Balaban J connectivity index is 1.97. The number of thioether (sulfide) groups is 1. The maximum atomic E-state index is 12.3. The summed E-state index contributed by atoms with van der Waals surface area (Å²) in [4.78, 5) is 22.7. The van der Waals surface area contributed by atoms with Gasteiger partial charge in [-0.2, -0.15) is 0 Å². The van der Waals surface area contributed by atoms with Crippen LogP contribution in [0.2, 0.25) is 0 Å². The number of nitrogens with zero attached hydrogens (tertiary/aromatic N) is 1. The zero-order chi connectivity index (χ0) is 20.2. The van der Waals surface area contributed by atoms with Crippen LogP contribution in [0.25, 0.3) is 0 Å². The molecule has 0 aromatic heterocycles. The highest BCUT2D eigenvalue weighted by atomic mass is 32.2. The number of rotatable bonds is 7. The second-order valence-corrected chi connectivity index (χ2v) is 9.10. The van der Waals surface area contributed by atoms with Gasteiger partial charge in [0.2, 0.25) is 0 Å². The number of carbonyl (C=O) groups excluding carboxylic acids is 1. The Morgan fingerprint density at radius 1 is 1.15 bits per heavy atom. The number of carbonyl (C=O) groups is 1. The topological polar surface area (TPSA) is 72.2 Å². The summed E-state index contributed by atoms with van der Waals surface area (Å²) in [7, 11) is 0. The summed E-state index contributed by atoms with van der Waals surface area (Å²) in [6.45, 7) is 11.0. The number of nitro groups is 1. The van der Waals surface area contributed by atoms with Gasteiger partial charge in [-0.05, 0) is 57.4 Å². The van der Waals surface area contributed by atoms with Crippen molar-refractivity contribution in [1.29, 1.82) is 0 Å². The van der Waals surface area contributed by atoms with Crippen molar-refractivity contribution in [3.63, 3.8) is 0 Å². The third kappa shape index (κ3) is 5.82. The standard InChI is InChI=1S/C21H26N2O3S/c1-14-9-15(2)19(16(3)10-14)12-27-21(4,5)13-22-20(24)17-7-6-8-18(11-17)23(25)26/h6-11H,12-13H2,1-5H3,(H,22,24). The zero-order valence-electron chi connectivity index (χ0n) is 16.5. The quantitative estimate of drug-likeness (QED) is 0.539. The molecule has 0 saturated carbocycles. The van der Waals surface area contributed by atoms with Crippen LogP contribution in [-0.2, 0) is 5.75 Å². The van der Waals surface area contributed by atoms with E-state index in [1.54, 1.807) is 17.8 Å². The van der Waals surface area contributed by atoms with Crippen LogP contribution in [0.3, 0.4) is 0 Å². The summed E-state index contributed by atoms with van der Waals surface area (Å²) >= 11 is 1.79. The molecule has 144 valence electrons. The molecule has 27 heavy (non-hydrogen) atoms. The van der Waals surface area contributed by atoms with Crippen LogP contribution in [0.5, 0.6) is 0 Å². The molecular formula is C21H26N2O3S. The smallest absolute Gasteiger partial charge is 0.270 e. The monoisotopic (exact) mass is 386 g/mol. The van der Waals surface area contributed by atoms with Gasteiger partial charge >= 0.3 is 0 Å². The molecule has 0 bridgehead atoms. The minimum absolute atomic E-state index is 0.0818. The van der Waals surface area contributed by atoms with E-state index in [4.69, 9.17) is 0 Å². The predicted molar refractivity (Wildman–Crippen MR) is 111 cm³/mol. The van der Waals surface area contributed by atoms with E-state index in [2.05, 4.69) is 52.1 Å². The van der Waals surface area contributed by atoms with Crippen molar-refractivity contribution in [2.75, 3.05) is 6.54 Å². The van der Waals surface area contributed by atoms with Crippen LogP contribution in [0.15, 0.2) is 36.4 Å². The minimum atomic E-state index is -0.497. The third-order valence-corrected chi connectivity index (χ3v) is 5.80. The highest BCUT2D eigenvalue weighted by molar-refractivity contribution is 7.99. The molecule has 0 atom stereocenters. The molecule has 2 rings (SSSR count). The van der Waals surface area contributed by atoms with E-state index in [1.807, 2.05) is 0 Å². The van der Waals surface area contributed by atoms with Gasteiger partial charge in [0.15, 0.2) is 0 Å². The number of benzene rings is 2. The third-order valence-electron chi connectivity index (χ3n) is 4.44. The lowest BCUT2D eigenvalue weighted by Gasteiger charge is -2.25. The summed E-state index contributed by atoms with van der Waals surface area (Å²) < 4.78 is -0.167. The van der Waals surface area contributed by atoms with E-state index >= 15 is 0 Å². The van der Waals surface area contributed by atoms with E-state index in [1.165, 1.54) is 40.5 Å². The van der Waals surface area contributed by atoms with Crippen LogP contribution in [0.1, 0.15) is 46.5 Å². The van der Waals surface area contributed by atoms with Gasteiger partial charge in [-0.25, -0.2) is 0 Å². The normalized spacial score (nSPS) is 11.3. The average molecular weight is 387 g/mol. The van der Waals surface area contributed by atoms with Gasteiger partial charge < -0.3 is 5.32 Å². The molecule has 0 heterocycles. The number of hydrogen-bond donors (Lipinski definition) is 1. The minimum Gasteiger partial charge on any atom is -0.351 e. The van der Waals surface area contributed by atoms with Crippen molar-refractivity contribution >= 4 is 23.4 Å². The summed E-state index contributed by atoms with van der Waals surface area (Å²) in [5.41, 5.74) is 5.40. The number of non-ortho nitro benzene ring substituents is 1. The van der Waals surface area contributed by atoms with Gasteiger partial charge in [-0.3, -0.25) is 14.9 Å². The first-order chi connectivity index (χ1) is 12.6. The second kappa shape index (κ2) is 8.57. The molecule has 0 unspecified atom stereocenters. The molecule has 1 amide bonds. The molecule has 6 heteroatoms. The van der Waals surface area contributed by atoms with Gasteiger partial charge in [0, 0.05) is 34.7 Å². The van der Waals surface area contributed by atoms with E-state index in [0.717, 1.165) is 5.75 Å². The highest BCUT2D eigenvalue weighted by Crippen LogP contribution is 2.30. The predicted octanol–water partition coefficient (Wildman–Crippen LogP) is 4.96. The number of nitrogens with one attached hydrogen (secondary N) is 1. The Labute approximate surface area is 164 Å². The molecule has 1 N–H and O–H groups in total. The fraction of sp³-hybridized carbons (Fsp3) is 0.381. The van der Waals surface area contributed by atoms with Crippen LogP contribution in [-0.4, -0.2) is 22.1 Å². The number of nitro benzene ring substituents is 1. The molecule has 0 radical (unpaired) electrons. The van der Waals surface area contributed by atoms with E-state index in [0.29, 0.717) is 12.1 Å². The van der Waals surface area contributed by atoms with Crippen molar-refractivity contribution in [1.82, 2.24) is 5.32 Å². The summed E-state index contributed by atoms with van der Waals surface area (Å²) in [6.07, 6.45) is 0. The highest BCUT2D eigenvalue weighted by Gasteiger charge is 2.21. The Morgan fingerprint density at radius 3 is 2.37 bits per heavy atom. The molecule has 2 aromatic carbocycles. The lowest BCUT2D eigenvalue weighted by atomic mass is 10.0. The molecule has 0 aliphatic heterocycles. The van der Waals surface area contributed by atoms with Gasteiger partial charge in [-0.15, -0.1) is 11.8 Å². The summed E-state index contributed by atoms with van der Waals surface area (Å²) in [5, 5.41) is 13.8. The van der Waals surface area contributed by atoms with E-state index < -0.39 is 4.92 Å². The van der Waals surface area contributed by atoms with Crippen molar-refractivity contribution in [3.8, 4) is 0 Å². The molecular weight excluding hydrogens is 360 g/mol. The largest absolute Gasteiger partial charge is 0.351 e. The number of amides is 1. The Kier molecular flexibility index (Phi) is 6.65. The van der Waals surface area contributed by atoms with E-state index in [9.17, 15) is 14.9 Å². The van der Waals surface area contributed by atoms with Gasteiger partial charge in [0.1, 0.15) is 0 Å². The summed E-state index contributed by atoms with van der Waals surface area (Å²) in [5.74, 6) is 0.576. The fourth-order valence-electron chi connectivity index (χ4n) is 2.91. The van der Waals surface area contributed by atoms with Crippen LogP contribution < -0.4 is 5.32 Å². The second-order valence-electron chi connectivity index (χ2n) is 7.42. The van der Waals surface area contributed by atoms with E-state index in [-0.39, 0.29) is 16.3 Å². The van der Waals surface area contributed by atoms with Crippen molar-refractivity contribution in [3.05, 3.63) is 74.3 Å². The average Bonchev–Trinajstić information content (AvgIpc) is 2.58. The molecule has 0 saturated heterocycles. The Morgan fingerprint density at radius 2 is 1.78 bits per heavy atom. The lowest BCUT2D eigenvalue weighted by molar-refractivity contribution is -0.384. The summed E-state index contributed by atoms with van der Waals surface area (Å²) in [6, 6.07) is 10.2. The lowest BCUT2D eigenvalue weighted by Crippen LogP contribution is -2.36. The number of aryl methyl sites for hydroxylation is 3. The van der Waals surface area contributed by atoms with Crippen molar-refractivity contribution in [2.24, 2.45) is 0 Å². The fourth-order valence-corrected chi connectivity index (χ4v) is 4.08. The number of hydrogen-bond acceptors (Lipinski definition) is 4. The van der Waals surface area contributed by atoms with Crippen molar-refractivity contribution in [2.45, 2.75) is 45.1 Å². The maximum absolute atomic E-state index is 12.3. The van der Waals surface area contributed by atoms with Crippen LogP contribution >= 0.6 is 11.8 Å². The van der Waals surface area contributed by atoms with Gasteiger partial charge in [-0.1, -0.05) is 23.8 Å². The van der Waals surface area contributed by atoms with Crippen LogP contribution in [0.4, 0.5) is 5.69 Å². The SMILES string of the molecule is Cc1cc(C)c(CSC(C)(C)CNC(=O)c2cccc([N+](=O)[O-])c2)c(C)c1. The van der Waals surface area contributed by atoms with Crippen molar-refractivity contribution < 1.29 is 9.72 Å². The zero-order valence-corrected chi connectivity index (χ0v) is 17.3. The van der Waals surface area contributed by atoms with Crippen LogP contribution in [0, 0.1) is 30.9 Å². The molecule has 0 aliphatic carbocycles. The maximum Gasteiger partial charge on any atom is 0.270 e. The van der Waals surface area contributed by atoms with Gasteiger partial charge in [0.25, 0.3) is 11.6 Å². The molecule has 0 spiro atoms. The molecule has 5 nitrogen and oxygen atoms in total.